The lowest BCUT2D eigenvalue weighted by Crippen LogP contribution is -2.19. The van der Waals surface area contributed by atoms with E-state index < -0.39 is 5.91 Å². The number of aromatic nitrogens is 2. The summed E-state index contributed by atoms with van der Waals surface area (Å²) in [5.74, 6) is -0.371. The molecule has 0 aliphatic carbocycles. The van der Waals surface area contributed by atoms with E-state index in [0.29, 0.717) is 5.56 Å². The number of nitrogens with one attached hydrogen (secondary N) is 1. The molecule has 90 valence electrons. The zero-order chi connectivity index (χ0) is 12.8. The molecule has 2 aromatic rings. The van der Waals surface area contributed by atoms with Crippen LogP contribution in [0.1, 0.15) is 16.1 Å². The summed E-state index contributed by atoms with van der Waals surface area (Å²) in [4.78, 5) is 19.1. The summed E-state index contributed by atoms with van der Waals surface area (Å²) in [6.45, 7) is 0. The predicted octanol–water partition coefficient (Wildman–Crippen LogP) is 0.946. The Bertz CT molecular complexity index is 569. The molecule has 1 heterocycles. The number of rotatable bonds is 3. The topological polar surface area (TPSA) is 87.5 Å². The van der Waals surface area contributed by atoms with Crippen LogP contribution >= 0.6 is 0 Å². The van der Waals surface area contributed by atoms with Crippen LogP contribution in [0.4, 0.5) is 0 Å². The number of phenols is 1. The van der Waals surface area contributed by atoms with Gasteiger partial charge in [0.25, 0.3) is 5.91 Å². The standard InChI is InChI=1S/C12H10N4O2/c17-11-4-2-1-3-9(11)7-15-16-12(18)10-8-13-5-6-14-10/h1-8,17H,(H,16,18)/b15-7+. The number of hydrazone groups is 1. The maximum atomic E-state index is 11.5. The molecule has 1 aromatic carbocycles. The highest BCUT2D eigenvalue weighted by Crippen LogP contribution is 2.12. The molecular weight excluding hydrogens is 232 g/mol. The van der Waals surface area contributed by atoms with Crippen LogP contribution in [0.25, 0.3) is 0 Å². The second-order valence-electron chi connectivity index (χ2n) is 3.35. The van der Waals surface area contributed by atoms with Crippen molar-refractivity contribution < 1.29 is 9.90 Å². The van der Waals surface area contributed by atoms with Gasteiger partial charge in [-0.2, -0.15) is 5.10 Å². The van der Waals surface area contributed by atoms with Gasteiger partial charge in [-0.1, -0.05) is 12.1 Å². The molecule has 0 atom stereocenters. The molecule has 0 spiro atoms. The van der Waals surface area contributed by atoms with Crippen LogP contribution in [0.2, 0.25) is 0 Å². The number of hydrogen-bond donors (Lipinski definition) is 2. The van der Waals surface area contributed by atoms with Crippen molar-refractivity contribution in [3.05, 3.63) is 54.1 Å². The number of phenolic OH excluding ortho intramolecular Hbond substituents is 1. The van der Waals surface area contributed by atoms with Gasteiger partial charge in [0, 0.05) is 18.0 Å². The molecule has 6 nitrogen and oxygen atoms in total. The van der Waals surface area contributed by atoms with Gasteiger partial charge in [0.2, 0.25) is 0 Å². The molecule has 18 heavy (non-hydrogen) atoms. The van der Waals surface area contributed by atoms with Crippen molar-refractivity contribution in [3.63, 3.8) is 0 Å². The number of carbonyl (C=O) groups is 1. The van der Waals surface area contributed by atoms with Crippen LogP contribution in [0.5, 0.6) is 5.75 Å². The van der Waals surface area contributed by atoms with Gasteiger partial charge in [0.1, 0.15) is 11.4 Å². The molecule has 0 saturated heterocycles. The quantitative estimate of drug-likeness (QED) is 0.619. The van der Waals surface area contributed by atoms with Crippen LogP contribution in [0.3, 0.4) is 0 Å². The lowest BCUT2D eigenvalue weighted by atomic mass is 10.2. The van der Waals surface area contributed by atoms with Crippen molar-refractivity contribution in [2.24, 2.45) is 5.10 Å². The molecule has 0 aliphatic heterocycles. The Morgan fingerprint density at radius 2 is 2.17 bits per heavy atom. The van der Waals surface area contributed by atoms with Crippen LogP contribution in [0, 0.1) is 0 Å². The van der Waals surface area contributed by atoms with E-state index >= 15 is 0 Å². The van der Waals surface area contributed by atoms with Crippen LogP contribution in [-0.2, 0) is 0 Å². The highest BCUT2D eigenvalue weighted by molar-refractivity contribution is 5.93. The number of nitrogens with zero attached hydrogens (tertiary/aromatic N) is 3. The van der Waals surface area contributed by atoms with E-state index in [-0.39, 0.29) is 11.4 Å². The minimum absolute atomic E-state index is 0.0926. The predicted molar refractivity (Wildman–Crippen MR) is 65.2 cm³/mol. The number of para-hydroxylation sites is 1. The maximum absolute atomic E-state index is 11.5. The molecule has 2 rings (SSSR count). The Morgan fingerprint density at radius 1 is 1.33 bits per heavy atom. The second-order valence-corrected chi connectivity index (χ2v) is 3.35. The Balaban J connectivity index is 2.00. The first-order valence-electron chi connectivity index (χ1n) is 5.15. The van der Waals surface area contributed by atoms with Gasteiger partial charge in [-0.15, -0.1) is 0 Å². The lowest BCUT2D eigenvalue weighted by molar-refractivity contribution is 0.0949. The molecule has 0 radical (unpaired) electrons. The molecule has 0 aliphatic rings. The van der Waals surface area contributed by atoms with Gasteiger partial charge in [-0.05, 0) is 12.1 Å². The molecule has 0 saturated carbocycles. The van der Waals surface area contributed by atoms with E-state index in [1.165, 1.54) is 30.9 Å². The number of hydrogen-bond acceptors (Lipinski definition) is 5. The van der Waals surface area contributed by atoms with E-state index in [1.54, 1.807) is 18.2 Å². The number of carbonyl (C=O) groups excluding carboxylic acids is 1. The minimum atomic E-state index is -0.463. The summed E-state index contributed by atoms with van der Waals surface area (Å²) >= 11 is 0. The fourth-order valence-electron chi connectivity index (χ4n) is 1.23. The zero-order valence-corrected chi connectivity index (χ0v) is 9.32. The first kappa shape index (κ1) is 11.7. The van der Waals surface area contributed by atoms with Crippen LogP contribution < -0.4 is 5.43 Å². The summed E-state index contributed by atoms with van der Waals surface area (Å²) < 4.78 is 0. The highest BCUT2D eigenvalue weighted by Gasteiger charge is 2.04. The Kier molecular flexibility index (Phi) is 3.60. The van der Waals surface area contributed by atoms with Gasteiger partial charge in [0.15, 0.2) is 0 Å². The van der Waals surface area contributed by atoms with Gasteiger partial charge in [-0.3, -0.25) is 9.78 Å². The molecule has 1 aromatic heterocycles. The first-order chi connectivity index (χ1) is 8.77. The number of aromatic hydroxyl groups is 1. The van der Waals surface area contributed by atoms with Crippen molar-refractivity contribution in [1.82, 2.24) is 15.4 Å². The van der Waals surface area contributed by atoms with Crippen molar-refractivity contribution >= 4 is 12.1 Å². The average molecular weight is 242 g/mol. The Hall–Kier alpha value is -2.76. The molecule has 1 amide bonds. The second kappa shape index (κ2) is 5.53. The molecule has 0 fully saturated rings. The van der Waals surface area contributed by atoms with E-state index in [2.05, 4.69) is 20.5 Å². The molecule has 6 heteroatoms. The van der Waals surface area contributed by atoms with Crippen LogP contribution in [-0.4, -0.2) is 27.2 Å². The molecular formula is C12H10N4O2. The smallest absolute Gasteiger partial charge is 0.291 e. The fraction of sp³-hybridized carbons (Fsp3) is 0. The zero-order valence-electron chi connectivity index (χ0n) is 9.32. The number of amides is 1. The van der Waals surface area contributed by atoms with E-state index in [0.717, 1.165) is 0 Å². The average Bonchev–Trinajstić information content (AvgIpc) is 2.42. The minimum Gasteiger partial charge on any atom is -0.507 e. The summed E-state index contributed by atoms with van der Waals surface area (Å²) in [6, 6.07) is 6.66. The van der Waals surface area contributed by atoms with E-state index in [9.17, 15) is 9.90 Å². The highest BCUT2D eigenvalue weighted by atomic mass is 16.3. The summed E-state index contributed by atoms with van der Waals surface area (Å²) in [5, 5.41) is 13.2. The first-order valence-corrected chi connectivity index (χ1v) is 5.15. The van der Waals surface area contributed by atoms with Crippen molar-refractivity contribution in [1.29, 1.82) is 0 Å². The molecule has 0 unspecified atom stereocenters. The summed E-state index contributed by atoms with van der Waals surface area (Å²) in [6.07, 6.45) is 5.58. The molecule has 2 N–H and O–H groups in total. The Morgan fingerprint density at radius 3 is 2.89 bits per heavy atom. The third-order valence-electron chi connectivity index (χ3n) is 2.10. The number of benzene rings is 1. The Labute approximate surface area is 103 Å². The third kappa shape index (κ3) is 2.88. The fourth-order valence-corrected chi connectivity index (χ4v) is 1.23. The van der Waals surface area contributed by atoms with Gasteiger partial charge < -0.3 is 5.11 Å². The largest absolute Gasteiger partial charge is 0.507 e. The van der Waals surface area contributed by atoms with Crippen molar-refractivity contribution in [2.45, 2.75) is 0 Å². The SMILES string of the molecule is O=C(N/N=C/c1ccccc1O)c1cnccn1. The third-order valence-corrected chi connectivity index (χ3v) is 2.10. The van der Waals surface area contributed by atoms with Gasteiger partial charge in [0.05, 0.1) is 12.4 Å². The monoisotopic (exact) mass is 242 g/mol. The lowest BCUT2D eigenvalue weighted by Gasteiger charge is -1.98. The summed E-state index contributed by atoms with van der Waals surface area (Å²) in [7, 11) is 0. The van der Waals surface area contributed by atoms with E-state index in [4.69, 9.17) is 0 Å². The van der Waals surface area contributed by atoms with E-state index in [1.807, 2.05) is 0 Å². The van der Waals surface area contributed by atoms with Crippen molar-refractivity contribution in [2.75, 3.05) is 0 Å². The van der Waals surface area contributed by atoms with Gasteiger partial charge in [-0.25, -0.2) is 10.4 Å². The van der Waals surface area contributed by atoms with Gasteiger partial charge >= 0.3 is 0 Å². The molecule has 0 bridgehead atoms. The maximum Gasteiger partial charge on any atom is 0.291 e. The van der Waals surface area contributed by atoms with Crippen LogP contribution in [0.15, 0.2) is 48.0 Å². The normalized spacial score (nSPS) is 10.4. The summed E-state index contributed by atoms with van der Waals surface area (Å²) in [5.41, 5.74) is 2.98. The van der Waals surface area contributed by atoms with Crippen molar-refractivity contribution in [3.8, 4) is 5.75 Å².